The van der Waals surface area contributed by atoms with Crippen molar-refractivity contribution in [2.45, 2.75) is 40.2 Å². The van der Waals surface area contributed by atoms with Gasteiger partial charge in [-0.2, -0.15) is 0 Å². The van der Waals surface area contributed by atoms with Crippen LogP contribution in [0.15, 0.2) is 4.99 Å². The van der Waals surface area contributed by atoms with E-state index in [-0.39, 0.29) is 46.8 Å². The summed E-state index contributed by atoms with van der Waals surface area (Å²) in [6.45, 7) is 12.3. The van der Waals surface area contributed by atoms with Gasteiger partial charge in [0.1, 0.15) is 0 Å². The predicted molar refractivity (Wildman–Crippen MR) is 92.5 cm³/mol. The molecule has 1 saturated heterocycles. The molecule has 0 saturated carbocycles. The standard InChI is InChI=1S/C14H27N3O2.HI/c1-10(11(18)19-7)8-16-12(15-6)17-9-13(2,3)14(17,4)5;/h10H,8-9H2,1-7H3,(H,15,16);1H. The van der Waals surface area contributed by atoms with E-state index in [1.807, 2.05) is 6.92 Å². The Morgan fingerprint density at radius 3 is 2.30 bits per heavy atom. The molecular formula is C14H28IN3O2. The van der Waals surface area contributed by atoms with Crippen molar-refractivity contribution in [2.75, 3.05) is 27.2 Å². The fourth-order valence-electron chi connectivity index (χ4n) is 2.22. The summed E-state index contributed by atoms with van der Waals surface area (Å²) in [5, 5.41) is 3.25. The Kier molecular flexibility index (Phi) is 6.77. The normalized spacial score (nSPS) is 21.4. The second-order valence-electron chi connectivity index (χ2n) is 6.38. The number of guanidine groups is 1. The average Bonchev–Trinajstić information content (AvgIpc) is 2.36. The van der Waals surface area contributed by atoms with Gasteiger partial charge in [-0.1, -0.05) is 20.8 Å². The monoisotopic (exact) mass is 397 g/mol. The summed E-state index contributed by atoms with van der Waals surface area (Å²) >= 11 is 0. The molecule has 0 aromatic rings. The fraction of sp³-hybridized carbons (Fsp3) is 0.857. The zero-order valence-electron chi connectivity index (χ0n) is 13.6. The Hall–Kier alpha value is -0.530. The van der Waals surface area contributed by atoms with E-state index in [1.54, 1.807) is 7.05 Å². The molecule has 0 spiro atoms. The molecule has 0 amide bonds. The number of methoxy groups -OCH3 is 1. The lowest BCUT2D eigenvalue weighted by atomic mass is 9.65. The minimum atomic E-state index is -0.203. The van der Waals surface area contributed by atoms with Gasteiger partial charge in [0, 0.05) is 31.1 Å². The third-order valence-electron chi connectivity index (χ3n) is 4.52. The number of carbonyl (C=O) groups is 1. The first-order chi connectivity index (χ1) is 8.67. The maximum Gasteiger partial charge on any atom is 0.310 e. The highest BCUT2D eigenvalue weighted by molar-refractivity contribution is 14.0. The molecule has 1 atom stereocenters. The van der Waals surface area contributed by atoms with Crippen LogP contribution in [0.4, 0.5) is 0 Å². The summed E-state index contributed by atoms with van der Waals surface area (Å²) in [5.74, 6) is 0.463. The lowest BCUT2D eigenvalue weighted by Crippen LogP contribution is -2.72. The van der Waals surface area contributed by atoms with Crippen molar-refractivity contribution in [1.29, 1.82) is 0 Å². The maximum absolute atomic E-state index is 11.4. The minimum Gasteiger partial charge on any atom is -0.469 e. The van der Waals surface area contributed by atoms with E-state index >= 15 is 0 Å². The SMILES string of the molecule is CN=C(NCC(C)C(=O)OC)N1CC(C)(C)C1(C)C.I. The third-order valence-corrected chi connectivity index (χ3v) is 4.52. The smallest absolute Gasteiger partial charge is 0.310 e. The highest BCUT2D eigenvalue weighted by atomic mass is 127. The van der Waals surface area contributed by atoms with Crippen LogP contribution in [0, 0.1) is 11.3 Å². The van der Waals surface area contributed by atoms with Crippen LogP contribution in [0.3, 0.4) is 0 Å². The third kappa shape index (κ3) is 3.56. The Bertz CT molecular complexity index is 381. The molecule has 1 unspecified atom stereocenters. The molecule has 1 rings (SSSR count). The van der Waals surface area contributed by atoms with E-state index in [4.69, 9.17) is 4.74 Å². The van der Waals surface area contributed by atoms with Gasteiger partial charge in [-0.3, -0.25) is 9.79 Å². The second kappa shape index (κ2) is 6.95. The summed E-state index contributed by atoms with van der Waals surface area (Å²) in [6, 6.07) is 0. The van der Waals surface area contributed by atoms with Crippen LogP contribution in [0.2, 0.25) is 0 Å². The lowest BCUT2D eigenvalue weighted by molar-refractivity contribution is -0.144. The number of esters is 1. The summed E-state index contributed by atoms with van der Waals surface area (Å²) in [7, 11) is 3.18. The first kappa shape index (κ1) is 19.5. The molecule has 20 heavy (non-hydrogen) atoms. The molecule has 0 aromatic carbocycles. The van der Waals surface area contributed by atoms with Crippen molar-refractivity contribution < 1.29 is 9.53 Å². The number of ether oxygens (including phenoxy) is 1. The fourth-order valence-corrected chi connectivity index (χ4v) is 2.22. The number of hydrogen-bond acceptors (Lipinski definition) is 3. The molecule has 0 aromatic heterocycles. The number of hydrogen-bond donors (Lipinski definition) is 1. The summed E-state index contributed by atoms with van der Waals surface area (Å²) in [4.78, 5) is 17.9. The Morgan fingerprint density at radius 2 is 1.95 bits per heavy atom. The number of nitrogens with zero attached hydrogens (tertiary/aromatic N) is 2. The topological polar surface area (TPSA) is 53.9 Å². The molecule has 6 heteroatoms. The van der Waals surface area contributed by atoms with Gasteiger partial charge in [0.2, 0.25) is 0 Å². The summed E-state index contributed by atoms with van der Waals surface area (Å²) in [6.07, 6.45) is 0. The predicted octanol–water partition coefficient (Wildman–Crippen LogP) is 2.11. The van der Waals surface area contributed by atoms with Gasteiger partial charge in [-0.05, 0) is 13.8 Å². The first-order valence-corrected chi connectivity index (χ1v) is 6.73. The Balaban J connectivity index is 0.00000361. The van der Waals surface area contributed by atoms with Crippen LogP contribution in [0.5, 0.6) is 0 Å². The number of aliphatic imine (C=N–C) groups is 1. The first-order valence-electron chi connectivity index (χ1n) is 6.73. The Morgan fingerprint density at radius 1 is 1.40 bits per heavy atom. The quantitative estimate of drug-likeness (QED) is 0.343. The van der Waals surface area contributed by atoms with Crippen molar-refractivity contribution in [2.24, 2.45) is 16.3 Å². The van der Waals surface area contributed by atoms with Crippen molar-refractivity contribution in [3.05, 3.63) is 0 Å². The largest absolute Gasteiger partial charge is 0.469 e. The number of halogens is 1. The van der Waals surface area contributed by atoms with E-state index in [1.165, 1.54) is 7.11 Å². The van der Waals surface area contributed by atoms with Crippen molar-refractivity contribution in [3.63, 3.8) is 0 Å². The molecule has 0 aliphatic carbocycles. The highest BCUT2D eigenvalue weighted by Gasteiger charge is 2.53. The molecular weight excluding hydrogens is 369 g/mol. The molecule has 0 radical (unpaired) electrons. The van der Waals surface area contributed by atoms with Gasteiger partial charge < -0.3 is 15.0 Å². The van der Waals surface area contributed by atoms with Crippen molar-refractivity contribution in [3.8, 4) is 0 Å². The minimum absolute atomic E-state index is 0. The average molecular weight is 397 g/mol. The van der Waals surface area contributed by atoms with Gasteiger partial charge in [0.15, 0.2) is 5.96 Å². The molecule has 0 bridgehead atoms. The number of rotatable bonds is 3. The van der Waals surface area contributed by atoms with Crippen LogP contribution in [0.25, 0.3) is 0 Å². The van der Waals surface area contributed by atoms with Crippen LogP contribution in [-0.2, 0) is 9.53 Å². The summed E-state index contributed by atoms with van der Waals surface area (Å²) < 4.78 is 4.72. The van der Waals surface area contributed by atoms with E-state index in [9.17, 15) is 4.79 Å². The molecule has 1 aliphatic heterocycles. The Labute approximate surface area is 139 Å². The maximum atomic E-state index is 11.4. The lowest BCUT2D eigenvalue weighted by Gasteiger charge is -2.62. The molecule has 1 heterocycles. The van der Waals surface area contributed by atoms with E-state index < -0.39 is 0 Å². The zero-order chi connectivity index (χ0) is 14.8. The van der Waals surface area contributed by atoms with Crippen LogP contribution in [0.1, 0.15) is 34.6 Å². The van der Waals surface area contributed by atoms with E-state index in [0.717, 1.165) is 12.5 Å². The van der Waals surface area contributed by atoms with Gasteiger partial charge in [0.25, 0.3) is 0 Å². The van der Waals surface area contributed by atoms with Crippen molar-refractivity contribution >= 4 is 35.9 Å². The van der Waals surface area contributed by atoms with Crippen molar-refractivity contribution in [1.82, 2.24) is 10.2 Å². The van der Waals surface area contributed by atoms with Crippen LogP contribution in [-0.4, -0.2) is 49.6 Å². The molecule has 1 fully saturated rings. The number of likely N-dealkylation sites (tertiary alicyclic amines) is 1. The molecule has 1 aliphatic rings. The summed E-state index contributed by atoms with van der Waals surface area (Å²) in [5.41, 5.74) is 0.321. The zero-order valence-corrected chi connectivity index (χ0v) is 15.9. The van der Waals surface area contributed by atoms with E-state index in [0.29, 0.717) is 6.54 Å². The number of nitrogens with one attached hydrogen (secondary N) is 1. The van der Waals surface area contributed by atoms with Gasteiger partial charge >= 0.3 is 5.97 Å². The molecule has 1 N–H and O–H groups in total. The highest BCUT2D eigenvalue weighted by Crippen LogP contribution is 2.46. The van der Waals surface area contributed by atoms with Crippen LogP contribution < -0.4 is 5.32 Å². The number of carbonyl (C=O) groups excluding carboxylic acids is 1. The van der Waals surface area contributed by atoms with Crippen LogP contribution >= 0.6 is 24.0 Å². The second-order valence-corrected chi connectivity index (χ2v) is 6.38. The van der Waals surface area contributed by atoms with Gasteiger partial charge in [-0.15, -0.1) is 24.0 Å². The molecule has 118 valence electrons. The van der Waals surface area contributed by atoms with Gasteiger partial charge in [0.05, 0.1) is 13.0 Å². The van der Waals surface area contributed by atoms with E-state index in [2.05, 4.69) is 42.9 Å². The van der Waals surface area contributed by atoms with Gasteiger partial charge in [-0.25, -0.2) is 0 Å². The molecule has 5 nitrogen and oxygen atoms in total.